The summed E-state index contributed by atoms with van der Waals surface area (Å²) in [7, 11) is 0. The summed E-state index contributed by atoms with van der Waals surface area (Å²) in [5, 5.41) is 2.59. The monoisotopic (exact) mass is 210 g/mol. The summed E-state index contributed by atoms with van der Waals surface area (Å²) in [6, 6.07) is 13.4. The molecule has 0 amide bonds. The quantitative estimate of drug-likeness (QED) is 0.421. The summed E-state index contributed by atoms with van der Waals surface area (Å²) in [5.74, 6) is 0. The van der Waals surface area contributed by atoms with Crippen LogP contribution in [0.2, 0.25) is 0 Å². The number of rotatable bonds is 0. The van der Waals surface area contributed by atoms with Gasteiger partial charge in [-0.25, -0.2) is 4.79 Å². The first-order valence-electron chi connectivity index (χ1n) is 5.18. The van der Waals surface area contributed by atoms with E-state index < -0.39 is 0 Å². The van der Waals surface area contributed by atoms with Crippen molar-refractivity contribution in [2.24, 2.45) is 0 Å². The number of fused-ring (bicyclic) bond motifs is 3. The smallest absolute Gasteiger partial charge is 0.344 e. The maximum atomic E-state index is 11.8. The minimum absolute atomic E-state index is 0.266. The van der Waals surface area contributed by atoms with E-state index in [1.54, 1.807) is 6.07 Å². The lowest BCUT2D eigenvalue weighted by molar-refractivity contribution is 0.567. The number of aryl methyl sites for hydroxylation is 1. The van der Waals surface area contributed by atoms with Crippen molar-refractivity contribution in [1.29, 1.82) is 0 Å². The summed E-state index contributed by atoms with van der Waals surface area (Å²) in [6.07, 6.45) is 0. The predicted molar refractivity (Wildman–Crippen MR) is 64.7 cm³/mol. The molecule has 3 rings (SSSR count). The van der Waals surface area contributed by atoms with Gasteiger partial charge in [0.2, 0.25) is 0 Å². The Morgan fingerprint density at radius 2 is 1.56 bits per heavy atom. The Balaban J connectivity index is 2.70. The van der Waals surface area contributed by atoms with Gasteiger partial charge < -0.3 is 4.42 Å². The minimum Gasteiger partial charge on any atom is -0.422 e. The molecular weight excluding hydrogens is 200 g/mol. The van der Waals surface area contributed by atoms with Crippen LogP contribution in [0.3, 0.4) is 0 Å². The molecule has 0 atom stereocenters. The zero-order valence-electron chi connectivity index (χ0n) is 8.86. The number of hydrogen-bond acceptors (Lipinski definition) is 2. The maximum absolute atomic E-state index is 11.8. The van der Waals surface area contributed by atoms with Gasteiger partial charge in [0.15, 0.2) is 0 Å². The highest BCUT2D eigenvalue weighted by atomic mass is 16.4. The van der Waals surface area contributed by atoms with E-state index in [0.717, 1.165) is 16.3 Å². The van der Waals surface area contributed by atoms with Crippen molar-refractivity contribution in [1.82, 2.24) is 0 Å². The fourth-order valence-corrected chi connectivity index (χ4v) is 2.04. The van der Waals surface area contributed by atoms with Crippen LogP contribution in [-0.4, -0.2) is 0 Å². The van der Waals surface area contributed by atoms with E-state index in [1.165, 1.54) is 0 Å². The fraction of sp³-hybridized carbons (Fsp3) is 0.0714. The highest BCUT2D eigenvalue weighted by molar-refractivity contribution is 6.04. The van der Waals surface area contributed by atoms with Crippen LogP contribution in [-0.2, 0) is 0 Å². The number of hydrogen-bond donors (Lipinski definition) is 0. The molecule has 0 unspecified atom stereocenters. The van der Waals surface area contributed by atoms with Gasteiger partial charge in [-0.2, -0.15) is 0 Å². The van der Waals surface area contributed by atoms with Gasteiger partial charge in [0.1, 0.15) is 5.58 Å². The first-order chi connectivity index (χ1) is 7.77. The van der Waals surface area contributed by atoms with E-state index in [1.807, 2.05) is 43.3 Å². The highest BCUT2D eigenvalue weighted by Crippen LogP contribution is 2.24. The molecule has 3 aromatic rings. The van der Waals surface area contributed by atoms with Gasteiger partial charge in [-0.1, -0.05) is 36.4 Å². The van der Waals surface area contributed by atoms with Crippen molar-refractivity contribution in [2.45, 2.75) is 6.92 Å². The van der Waals surface area contributed by atoms with Crippen molar-refractivity contribution in [2.75, 3.05) is 0 Å². The lowest BCUT2D eigenvalue weighted by atomic mass is 10.1. The van der Waals surface area contributed by atoms with E-state index in [4.69, 9.17) is 4.42 Å². The molecule has 0 radical (unpaired) electrons. The van der Waals surface area contributed by atoms with Crippen LogP contribution in [0, 0.1) is 6.92 Å². The molecule has 0 fully saturated rings. The zero-order valence-corrected chi connectivity index (χ0v) is 8.86. The summed E-state index contributed by atoms with van der Waals surface area (Å²) in [4.78, 5) is 11.8. The van der Waals surface area contributed by atoms with Gasteiger partial charge in [-0.05, 0) is 23.9 Å². The Morgan fingerprint density at radius 3 is 2.38 bits per heavy atom. The number of benzene rings is 2. The maximum Gasteiger partial charge on any atom is 0.344 e. The van der Waals surface area contributed by atoms with Gasteiger partial charge in [0, 0.05) is 5.39 Å². The molecule has 0 bridgehead atoms. The normalized spacial score (nSPS) is 11.1. The Labute approximate surface area is 92.1 Å². The van der Waals surface area contributed by atoms with Crippen molar-refractivity contribution in [3.63, 3.8) is 0 Å². The third-order valence-electron chi connectivity index (χ3n) is 2.84. The van der Waals surface area contributed by atoms with E-state index >= 15 is 0 Å². The van der Waals surface area contributed by atoms with Crippen LogP contribution in [0.25, 0.3) is 21.7 Å². The molecule has 1 heterocycles. The molecule has 0 aliphatic carbocycles. The zero-order chi connectivity index (χ0) is 11.1. The van der Waals surface area contributed by atoms with Gasteiger partial charge in [-0.15, -0.1) is 0 Å². The highest BCUT2D eigenvalue weighted by Gasteiger charge is 2.07. The van der Waals surface area contributed by atoms with Crippen LogP contribution >= 0.6 is 0 Å². The number of para-hydroxylation sites is 1. The molecule has 0 aliphatic heterocycles. The van der Waals surface area contributed by atoms with E-state index in [2.05, 4.69) is 0 Å². The predicted octanol–water partition coefficient (Wildman–Crippen LogP) is 3.25. The first-order valence-corrected chi connectivity index (χ1v) is 5.18. The Hall–Kier alpha value is -2.09. The summed E-state index contributed by atoms with van der Waals surface area (Å²) >= 11 is 0. The van der Waals surface area contributed by atoms with Crippen LogP contribution in [0.4, 0.5) is 0 Å². The van der Waals surface area contributed by atoms with E-state index in [9.17, 15) is 4.79 Å². The molecule has 0 N–H and O–H groups in total. The topological polar surface area (TPSA) is 30.2 Å². The Morgan fingerprint density at radius 1 is 0.875 bits per heavy atom. The third-order valence-corrected chi connectivity index (χ3v) is 2.84. The molecule has 16 heavy (non-hydrogen) atoms. The average molecular weight is 210 g/mol. The van der Waals surface area contributed by atoms with Crippen LogP contribution < -0.4 is 5.63 Å². The van der Waals surface area contributed by atoms with Gasteiger partial charge >= 0.3 is 5.63 Å². The first kappa shape index (κ1) is 9.16. The van der Waals surface area contributed by atoms with Crippen molar-refractivity contribution in [3.8, 4) is 0 Å². The lowest BCUT2D eigenvalue weighted by Gasteiger charge is -2.03. The van der Waals surface area contributed by atoms with Crippen molar-refractivity contribution in [3.05, 3.63) is 58.4 Å². The Kier molecular flexibility index (Phi) is 1.83. The van der Waals surface area contributed by atoms with Gasteiger partial charge in [0.05, 0.1) is 5.39 Å². The largest absolute Gasteiger partial charge is 0.422 e. The van der Waals surface area contributed by atoms with Crippen LogP contribution in [0.5, 0.6) is 0 Å². The fourth-order valence-electron chi connectivity index (χ4n) is 2.04. The molecule has 0 spiro atoms. The lowest BCUT2D eigenvalue weighted by Crippen LogP contribution is -1.99. The average Bonchev–Trinajstić information content (AvgIpc) is 2.31. The van der Waals surface area contributed by atoms with E-state index in [-0.39, 0.29) is 5.63 Å². The van der Waals surface area contributed by atoms with Crippen LogP contribution in [0.15, 0.2) is 51.7 Å². The molecular formula is C14H10O2. The van der Waals surface area contributed by atoms with Crippen LogP contribution in [0.1, 0.15) is 5.56 Å². The summed E-state index contributed by atoms with van der Waals surface area (Å²) in [6.45, 7) is 1.94. The Bertz CT molecular complexity index is 738. The van der Waals surface area contributed by atoms with Gasteiger partial charge in [0.25, 0.3) is 0 Å². The second-order valence-electron chi connectivity index (χ2n) is 3.89. The third kappa shape index (κ3) is 1.16. The summed E-state index contributed by atoms with van der Waals surface area (Å²) < 4.78 is 5.35. The molecule has 0 saturated heterocycles. The SMILES string of the molecule is Cc1cccc2c1oc(=O)c1ccccc12. The molecule has 78 valence electrons. The second-order valence-corrected chi connectivity index (χ2v) is 3.89. The molecule has 1 aromatic heterocycles. The molecule has 0 saturated carbocycles. The van der Waals surface area contributed by atoms with Crippen molar-refractivity contribution < 1.29 is 4.42 Å². The second kappa shape index (κ2) is 3.20. The standard InChI is InChI=1S/C14H10O2/c1-9-5-4-8-11-10-6-2-3-7-12(10)14(15)16-13(9)11/h2-8H,1H3. The summed E-state index contributed by atoms with van der Waals surface area (Å²) in [5.41, 5.74) is 1.41. The van der Waals surface area contributed by atoms with Gasteiger partial charge in [-0.3, -0.25) is 0 Å². The molecule has 2 nitrogen and oxygen atoms in total. The molecule has 2 heteroatoms. The van der Waals surface area contributed by atoms with E-state index in [0.29, 0.717) is 11.0 Å². The molecule has 2 aromatic carbocycles. The van der Waals surface area contributed by atoms with Crippen molar-refractivity contribution >= 4 is 21.7 Å². The minimum atomic E-state index is -0.266. The molecule has 0 aliphatic rings.